The second kappa shape index (κ2) is 8.03. The number of aromatic amines is 1. The van der Waals surface area contributed by atoms with Crippen LogP contribution in [-0.2, 0) is 16.0 Å². The fourth-order valence-electron chi connectivity index (χ4n) is 3.04. The topological polar surface area (TPSA) is 119 Å². The number of aromatic nitrogens is 1. The minimum Gasteiger partial charge on any atom is -0.481 e. The number of carboxylic acids is 2. The van der Waals surface area contributed by atoms with Gasteiger partial charge in [-0.2, -0.15) is 0 Å². The summed E-state index contributed by atoms with van der Waals surface area (Å²) in [5, 5.41) is 20.9. The van der Waals surface area contributed by atoms with E-state index in [2.05, 4.69) is 10.3 Å². The summed E-state index contributed by atoms with van der Waals surface area (Å²) in [5.74, 6) is -1.99. The quantitative estimate of drug-likeness (QED) is 0.531. The SMILES string of the molecule is CC1=C(C)C(=Cc2[nH]c(C(=O)O)c(C)c2CCCCCC(=O)O)NC1=O. The number of hydrogen-bond acceptors (Lipinski definition) is 3. The number of aliphatic carboxylic acids is 1. The summed E-state index contributed by atoms with van der Waals surface area (Å²) < 4.78 is 0. The van der Waals surface area contributed by atoms with Gasteiger partial charge in [0.1, 0.15) is 5.69 Å². The van der Waals surface area contributed by atoms with Gasteiger partial charge in [0.15, 0.2) is 0 Å². The molecule has 7 nitrogen and oxygen atoms in total. The number of carboxylic acid groups (broad SMARTS) is 2. The zero-order valence-corrected chi connectivity index (χ0v) is 15.2. The molecule has 0 aliphatic carbocycles. The van der Waals surface area contributed by atoms with E-state index in [9.17, 15) is 19.5 Å². The van der Waals surface area contributed by atoms with Gasteiger partial charge in [0.05, 0.1) is 0 Å². The molecule has 1 aromatic heterocycles. The van der Waals surface area contributed by atoms with E-state index in [4.69, 9.17) is 5.11 Å². The minimum absolute atomic E-state index is 0.138. The van der Waals surface area contributed by atoms with Crippen LogP contribution in [0.1, 0.15) is 66.8 Å². The van der Waals surface area contributed by atoms with Crippen molar-refractivity contribution in [1.29, 1.82) is 0 Å². The van der Waals surface area contributed by atoms with Crippen LogP contribution in [0.4, 0.5) is 0 Å². The average molecular weight is 360 g/mol. The lowest BCUT2D eigenvalue weighted by molar-refractivity contribution is -0.137. The maximum Gasteiger partial charge on any atom is 0.352 e. The van der Waals surface area contributed by atoms with Crippen molar-refractivity contribution in [2.75, 3.05) is 0 Å². The summed E-state index contributed by atoms with van der Waals surface area (Å²) in [5.41, 5.74) is 4.52. The molecular formula is C19H24N2O5. The van der Waals surface area contributed by atoms with Gasteiger partial charge < -0.3 is 20.5 Å². The molecule has 7 heteroatoms. The standard InChI is InChI=1S/C19H24N2O5/c1-10-11(2)18(24)21-14(10)9-15-13(7-5-4-6-8-16(22)23)12(3)17(20-15)19(25)26/h9,20H,4-8H2,1-3H3,(H,21,24)(H,22,23)(H,25,26). The Hall–Kier alpha value is -2.83. The number of carbonyl (C=O) groups excluding carboxylic acids is 1. The highest BCUT2D eigenvalue weighted by Gasteiger charge is 2.22. The summed E-state index contributed by atoms with van der Waals surface area (Å²) in [6.07, 6.45) is 4.67. The number of allylic oxidation sites excluding steroid dienone is 1. The van der Waals surface area contributed by atoms with Crippen LogP contribution in [0.2, 0.25) is 0 Å². The number of amides is 1. The van der Waals surface area contributed by atoms with Crippen molar-refractivity contribution in [2.24, 2.45) is 0 Å². The third kappa shape index (κ3) is 4.22. The Morgan fingerprint density at radius 1 is 1.04 bits per heavy atom. The Bertz CT molecular complexity index is 814. The molecule has 0 radical (unpaired) electrons. The van der Waals surface area contributed by atoms with Crippen molar-refractivity contribution in [3.8, 4) is 0 Å². The summed E-state index contributed by atoms with van der Waals surface area (Å²) in [4.78, 5) is 36.8. The maximum atomic E-state index is 11.8. The molecule has 1 aromatic rings. The molecule has 1 aliphatic heterocycles. The first-order valence-corrected chi connectivity index (χ1v) is 8.59. The number of H-pyrrole nitrogens is 1. The van der Waals surface area contributed by atoms with Crippen LogP contribution in [0.5, 0.6) is 0 Å². The molecule has 0 atom stereocenters. The number of carbonyl (C=O) groups is 3. The van der Waals surface area contributed by atoms with Crippen LogP contribution in [0, 0.1) is 6.92 Å². The zero-order chi connectivity index (χ0) is 19.4. The molecule has 0 spiro atoms. The van der Waals surface area contributed by atoms with E-state index in [1.165, 1.54) is 0 Å². The fraction of sp³-hybridized carbons (Fsp3) is 0.421. The lowest BCUT2D eigenvalue weighted by atomic mass is 10.0. The molecular weight excluding hydrogens is 336 g/mol. The van der Waals surface area contributed by atoms with Crippen LogP contribution in [0.3, 0.4) is 0 Å². The highest BCUT2D eigenvalue weighted by atomic mass is 16.4. The predicted octanol–water partition coefficient (Wildman–Crippen LogP) is 3.02. The fourth-order valence-corrected chi connectivity index (χ4v) is 3.04. The van der Waals surface area contributed by atoms with Gasteiger partial charge in [0.2, 0.25) is 0 Å². The van der Waals surface area contributed by atoms with Gasteiger partial charge in [-0.1, -0.05) is 6.42 Å². The van der Waals surface area contributed by atoms with E-state index < -0.39 is 11.9 Å². The predicted molar refractivity (Wildman–Crippen MR) is 96.8 cm³/mol. The Kier molecular flexibility index (Phi) is 6.02. The van der Waals surface area contributed by atoms with Gasteiger partial charge >= 0.3 is 11.9 Å². The lowest BCUT2D eigenvalue weighted by Gasteiger charge is -2.05. The van der Waals surface area contributed by atoms with E-state index in [0.717, 1.165) is 24.0 Å². The Morgan fingerprint density at radius 3 is 2.27 bits per heavy atom. The highest BCUT2D eigenvalue weighted by Crippen LogP contribution is 2.27. The molecule has 0 aromatic carbocycles. The van der Waals surface area contributed by atoms with Crippen molar-refractivity contribution in [3.05, 3.63) is 39.4 Å². The molecule has 0 saturated carbocycles. The van der Waals surface area contributed by atoms with E-state index in [1.54, 1.807) is 19.9 Å². The van der Waals surface area contributed by atoms with E-state index in [-0.39, 0.29) is 18.0 Å². The minimum atomic E-state index is -1.03. The monoisotopic (exact) mass is 360 g/mol. The molecule has 4 N–H and O–H groups in total. The van der Waals surface area contributed by atoms with Gasteiger partial charge in [-0.25, -0.2) is 4.79 Å². The Balaban J connectivity index is 2.25. The second-order valence-electron chi connectivity index (χ2n) is 6.54. The molecule has 140 valence electrons. The van der Waals surface area contributed by atoms with Gasteiger partial charge in [0, 0.05) is 23.4 Å². The van der Waals surface area contributed by atoms with Crippen LogP contribution in [0.15, 0.2) is 16.8 Å². The van der Waals surface area contributed by atoms with Crippen LogP contribution in [-0.4, -0.2) is 33.0 Å². The van der Waals surface area contributed by atoms with E-state index in [1.807, 2.05) is 6.92 Å². The molecule has 0 fully saturated rings. The summed E-state index contributed by atoms with van der Waals surface area (Å²) in [6.45, 7) is 5.35. The molecule has 2 rings (SSSR count). The van der Waals surface area contributed by atoms with Gasteiger partial charge in [-0.3, -0.25) is 9.59 Å². The number of aromatic carboxylic acids is 1. The highest BCUT2D eigenvalue weighted by molar-refractivity contribution is 6.00. The van der Waals surface area contributed by atoms with Crippen molar-refractivity contribution in [3.63, 3.8) is 0 Å². The van der Waals surface area contributed by atoms with Crippen LogP contribution in [0.25, 0.3) is 6.08 Å². The number of nitrogens with one attached hydrogen (secondary N) is 2. The molecule has 2 heterocycles. The third-order valence-corrected chi connectivity index (χ3v) is 4.79. The van der Waals surface area contributed by atoms with Gasteiger partial charge in [0.25, 0.3) is 5.91 Å². The van der Waals surface area contributed by atoms with Crippen molar-refractivity contribution in [1.82, 2.24) is 10.3 Å². The first-order chi connectivity index (χ1) is 12.2. The van der Waals surface area contributed by atoms with Crippen molar-refractivity contribution in [2.45, 2.75) is 52.9 Å². The van der Waals surface area contributed by atoms with Gasteiger partial charge in [-0.05, 0) is 62.8 Å². The second-order valence-corrected chi connectivity index (χ2v) is 6.54. The molecule has 1 aliphatic rings. The largest absolute Gasteiger partial charge is 0.481 e. The average Bonchev–Trinajstić information content (AvgIpc) is 3.00. The van der Waals surface area contributed by atoms with Gasteiger partial charge in [-0.15, -0.1) is 0 Å². The lowest BCUT2D eigenvalue weighted by Crippen LogP contribution is -2.15. The Labute approximate surface area is 151 Å². The van der Waals surface area contributed by atoms with Crippen molar-refractivity contribution >= 4 is 23.9 Å². The molecule has 1 amide bonds. The third-order valence-electron chi connectivity index (χ3n) is 4.79. The first-order valence-electron chi connectivity index (χ1n) is 8.59. The summed E-state index contributed by atoms with van der Waals surface area (Å²) in [7, 11) is 0. The summed E-state index contributed by atoms with van der Waals surface area (Å²) in [6, 6.07) is 0. The number of hydrogen-bond donors (Lipinski definition) is 4. The van der Waals surface area contributed by atoms with Crippen LogP contribution >= 0.6 is 0 Å². The zero-order valence-electron chi connectivity index (χ0n) is 15.2. The smallest absolute Gasteiger partial charge is 0.352 e. The molecule has 0 saturated heterocycles. The first kappa shape index (κ1) is 19.5. The maximum absolute atomic E-state index is 11.8. The Morgan fingerprint density at radius 2 is 1.73 bits per heavy atom. The van der Waals surface area contributed by atoms with Crippen molar-refractivity contribution < 1.29 is 24.6 Å². The van der Waals surface area contributed by atoms with E-state index in [0.29, 0.717) is 35.4 Å². The molecule has 0 unspecified atom stereocenters. The molecule has 26 heavy (non-hydrogen) atoms. The number of unbranched alkanes of at least 4 members (excludes halogenated alkanes) is 2. The van der Waals surface area contributed by atoms with Crippen LogP contribution < -0.4 is 5.32 Å². The molecule has 0 bridgehead atoms. The number of rotatable bonds is 8. The normalized spacial score (nSPS) is 15.7. The summed E-state index contributed by atoms with van der Waals surface area (Å²) >= 11 is 0. The van der Waals surface area contributed by atoms with E-state index >= 15 is 0 Å².